The SMILES string of the molecule is COc1ccc(N2C(=S)N[C@H](c3ccccn3)[C@@H]2c2cccn2C(C)C)cc1. The van der Waals surface area contributed by atoms with Gasteiger partial charge in [0.25, 0.3) is 0 Å². The Bertz CT molecular complexity index is 952. The lowest BCUT2D eigenvalue weighted by atomic mass is 10.0. The first kappa shape index (κ1) is 18.5. The lowest BCUT2D eigenvalue weighted by Crippen LogP contribution is -2.30. The minimum absolute atomic E-state index is 0.00630. The fraction of sp³-hybridized carbons (Fsp3) is 0.273. The van der Waals surface area contributed by atoms with Crippen LogP contribution in [0.5, 0.6) is 5.75 Å². The van der Waals surface area contributed by atoms with Gasteiger partial charge < -0.3 is 19.5 Å². The third-order valence-corrected chi connectivity index (χ3v) is 5.43. The molecule has 0 amide bonds. The first-order valence-corrected chi connectivity index (χ1v) is 9.82. The molecule has 1 aromatic carbocycles. The summed E-state index contributed by atoms with van der Waals surface area (Å²) in [6, 6.07) is 18.6. The summed E-state index contributed by atoms with van der Waals surface area (Å²) in [6.45, 7) is 4.38. The van der Waals surface area contributed by atoms with Crippen LogP contribution >= 0.6 is 12.2 Å². The van der Waals surface area contributed by atoms with Crippen LogP contribution in [0.1, 0.15) is 43.4 Å². The zero-order chi connectivity index (χ0) is 19.7. The summed E-state index contributed by atoms with van der Waals surface area (Å²) in [5.74, 6) is 0.824. The molecule has 3 heterocycles. The van der Waals surface area contributed by atoms with Crippen LogP contribution in [0.25, 0.3) is 0 Å². The Hall–Kier alpha value is -2.86. The Morgan fingerprint density at radius 2 is 1.86 bits per heavy atom. The molecule has 144 valence electrons. The quantitative estimate of drug-likeness (QED) is 0.640. The van der Waals surface area contributed by atoms with E-state index in [2.05, 4.69) is 51.9 Å². The summed E-state index contributed by atoms with van der Waals surface area (Å²) in [5.41, 5.74) is 3.20. The molecule has 1 aliphatic rings. The van der Waals surface area contributed by atoms with Gasteiger partial charge in [-0.15, -0.1) is 0 Å². The number of aromatic nitrogens is 2. The van der Waals surface area contributed by atoms with Crippen molar-refractivity contribution < 1.29 is 4.74 Å². The highest BCUT2D eigenvalue weighted by molar-refractivity contribution is 7.80. The van der Waals surface area contributed by atoms with Crippen LogP contribution in [0.3, 0.4) is 0 Å². The monoisotopic (exact) mass is 392 g/mol. The van der Waals surface area contributed by atoms with Crippen molar-refractivity contribution in [3.63, 3.8) is 0 Å². The molecular weight excluding hydrogens is 368 g/mol. The van der Waals surface area contributed by atoms with Crippen molar-refractivity contribution in [2.45, 2.75) is 32.0 Å². The molecule has 28 heavy (non-hydrogen) atoms. The van der Waals surface area contributed by atoms with E-state index < -0.39 is 0 Å². The van der Waals surface area contributed by atoms with Crippen molar-refractivity contribution in [3.05, 3.63) is 78.4 Å². The first-order valence-electron chi connectivity index (χ1n) is 9.41. The number of pyridine rings is 1. The van der Waals surface area contributed by atoms with Crippen LogP contribution in [0.15, 0.2) is 67.0 Å². The van der Waals surface area contributed by atoms with Gasteiger partial charge in [0.1, 0.15) is 11.8 Å². The topological polar surface area (TPSA) is 42.3 Å². The molecule has 4 rings (SSSR count). The molecule has 0 unspecified atom stereocenters. The molecule has 0 radical (unpaired) electrons. The van der Waals surface area contributed by atoms with E-state index in [9.17, 15) is 0 Å². The predicted molar refractivity (Wildman–Crippen MR) is 116 cm³/mol. The Balaban J connectivity index is 1.83. The molecule has 3 aromatic rings. The Kier molecular flexibility index (Phi) is 5.05. The molecule has 0 bridgehead atoms. The molecule has 1 saturated heterocycles. The van der Waals surface area contributed by atoms with Crippen molar-refractivity contribution in [2.75, 3.05) is 12.0 Å². The molecular formula is C22H24N4OS. The number of hydrogen-bond acceptors (Lipinski definition) is 3. The summed E-state index contributed by atoms with van der Waals surface area (Å²) >= 11 is 5.77. The molecule has 2 aromatic heterocycles. The number of anilines is 1. The van der Waals surface area contributed by atoms with Gasteiger partial charge in [0, 0.05) is 29.8 Å². The second kappa shape index (κ2) is 7.64. The van der Waals surface area contributed by atoms with E-state index >= 15 is 0 Å². The third-order valence-electron chi connectivity index (χ3n) is 5.12. The number of ether oxygens (including phenoxy) is 1. The maximum absolute atomic E-state index is 5.77. The summed E-state index contributed by atoms with van der Waals surface area (Å²) in [7, 11) is 1.67. The molecule has 6 heteroatoms. The van der Waals surface area contributed by atoms with Crippen LogP contribution in [-0.2, 0) is 0 Å². The van der Waals surface area contributed by atoms with Crippen LogP contribution in [0.4, 0.5) is 5.69 Å². The third kappa shape index (κ3) is 3.24. The van der Waals surface area contributed by atoms with E-state index in [0.29, 0.717) is 11.2 Å². The predicted octanol–water partition coefficient (Wildman–Crippen LogP) is 4.65. The van der Waals surface area contributed by atoms with Crippen molar-refractivity contribution in [2.24, 2.45) is 0 Å². The molecule has 0 aliphatic carbocycles. The van der Waals surface area contributed by atoms with Crippen molar-refractivity contribution >= 4 is 23.0 Å². The molecule has 0 saturated carbocycles. The number of thiocarbonyl (C=S) groups is 1. The number of methoxy groups -OCH3 is 1. The lowest BCUT2D eigenvalue weighted by molar-refractivity contribution is 0.415. The van der Waals surface area contributed by atoms with Crippen LogP contribution in [-0.4, -0.2) is 21.8 Å². The van der Waals surface area contributed by atoms with Gasteiger partial charge in [-0.25, -0.2) is 0 Å². The minimum atomic E-state index is -0.0387. The number of nitrogens with zero attached hydrogens (tertiary/aromatic N) is 3. The highest BCUT2D eigenvalue weighted by Gasteiger charge is 2.42. The van der Waals surface area contributed by atoms with E-state index in [0.717, 1.165) is 17.1 Å². The highest BCUT2D eigenvalue weighted by Crippen LogP contribution is 2.42. The molecule has 0 spiro atoms. The van der Waals surface area contributed by atoms with Gasteiger partial charge in [-0.2, -0.15) is 0 Å². The van der Waals surface area contributed by atoms with Crippen LogP contribution in [0, 0.1) is 0 Å². The number of hydrogen-bond donors (Lipinski definition) is 1. The fourth-order valence-corrected chi connectivity index (χ4v) is 4.15. The van der Waals surface area contributed by atoms with Crippen molar-refractivity contribution in [3.8, 4) is 5.75 Å². The van der Waals surface area contributed by atoms with E-state index in [1.54, 1.807) is 7.11 Å². The summed E-state index contributed by atoms with van der Waals surface area (Å²) < 4.78 is 7.62. The zero-order valence-electron chi connectivity index (χ0n) is 16.2. The van der Waals surface area contributed by atoms with E-state index in [1.165, 1.54) is 5.69 Å². The maximum Gasteiger partial charge on any atom is 0.174 e. The zero-order valence-corrected chi connectivity index (χ0v) is 17.1. The van der Waals surface area contributed by atoms with Crippen LogP contribution in [0.2, 0.25) is 0 Å². The minimum Gasteiger partial charge on any atom is -0.497 e. The van der Waals surface area contributed by atoms with E-state index in [-0.39, 0.29) is 12.1 Å². The smallest absolute Gasteiger partial charge is 0.174 e. The normalized spacial score (nSPS) is 19.1. The molecule has 1 N–H and O–H groups in total. The second-order valence-corrected chi connectivity index (χ2v) is 7.52. The van der Waals surface area contributed by atoms with Gasteiger partial charge in [-0.05, 0) is 74.6 Å². The highest BCUT2D eigenvalue weighted by atomic mass is 32.1. The average molecular weight is 393 g/mol. The standard InChI is InChI=1S/C22H24N4OS/c1-15(2)25-14-6-8-19(25)21-20(18-7-4-5-13-23-18)24-22(28)26(21)16-9-11-17(27-3)12-10-16/h4-15,20-21H,1-3H3,(H,24,28)/t20-,21+/m1/s1. The summed E-state index contributed by atoms with van der Waals surface area (Å²) in [4.78, 5) is 6.79. The number of nitrogens with one attached hydrogen (secondary N) is 1. The van der Waals surface area contributed by atoms with Gasteiger partial charge in [0.05, 0.1) is 18.8 Å². The molecule has 5 nitrogen and oxygen atoms in total. The number of rotatable bonds is 5. The maximum atomic E-state index is 5.77. The summed E-state index contributed by atoms with van der Waals surface area (Å²) in [6.07, 6.45) is 3.96. The van der Waals surface area contributed by atoms with Crippen LogP contribution < -0.4 is 15.0 Å². The van der Waals surface area contributed by atoms with Gasteiger partial charge in [0.15, 0.2) is 5.11 Å². The summed E-state index contributed by atoms with van der Waals surface area (Å²) in [5, 5.41) is 4.20. The Labute approximate surface area is 171 Å². The van der Waals surface area contributed by atoms with E-state index in [4.69, 9.17) is 17.0 Å². The molecule has 2 atom stereocenters. The van der Waals surface area contributed by atoms with Gasteiger partial charge in [0.2, 0.25) is 0 Å². The first-order chi connectivity index (χ1) is 13.6. The molecule has 1 aliphatic heterocycles. The largest absolute Gasteiger partial charge is 0.497 e. The second-order valence-electron chi connectivity index (χ2n) is 7.13. The van der Waals surface area contributed by atoms with E-state index in [1.807, 2.05) is 48.7 Å². The van der Waals surface area contributed by atoms with Gasteiger partial charge in [-0.1, -0.05) is 6.07 Å². The van der Waals surface area contributed by atoms with Gasteiger partial charge in [-0.3, -0.25) is 4.98 Å². The average Bonchev–Trinajstić information content (AvgIpc) is 3.33. The van der Waals surface area contributed by atoms with Crippen molar-refractivity contribution in [1.82, 2.24) is 14.9 Å². The van der Waals surface area contributed by atoms with Gasteiger partial charge >= 0.3 is 0 Å². The molecule has 1 fully saturated rings. The Morgan fingerprint density at radius 1 is 1.07 bits per heavy atom. The number of benzene rings is 1. The lowest BCUT2D eigenvalue weighted by Gasteiger charge is -2.30. The van der Waals surface area contributed by atoms with Crippen molar-refractivity contribution in [1.29, 1.82) is 0 Å². The fourth-order valence-electron chi connectivity index (χ4n) is 3.80. The Morgan fingerprint density at radius 3 is 2.50 bits per heavy atom.